The van der Waals surface area contributed by atoms with Crippen LogP contribution in [0.5, 0.6) is 23.0 Å². The first-order valence-corrected chi connectivity index (χ1v) is 10.9. The SMILES string of the molecule is C=CCOc1c(/C=C(/Sc2nnc(-c3cc(OC)cc(OC)c3)o2)C(=O)O)cc([N+](=O)[O-])cc1OC. The second-order valence-electron chi connectivity index (χ2n) is 6.81. The van der Waals surface area contributed by atoms with Gasteiger partial charge in [-0.3, -0.25) is 10.1 Å². The Hall–Kier alpha value is -4.52. The van der Waals surface area contributed by atoms with E-state index in [0.29, 0.717) is 28.8 Å². The van der Waals surface area contributed by atoms with Crippen molar-refractivity contribution < 1.29 is 38.2 Å². The number of benzene rings is 2. The highest BCUT2D eigenvalue weighted by atomic mass is 32.2. The van der Waals surface area contributed by atoms with Crippen molar-refractivity contribution in [2.75, 3.05) is 27.9 Å². The lowest BCUT2D eigenvalue weighted by atomic mass is 10.1. The summed E-state index contributed by atoms with van der Waals surface area (Å²) in [6, 6.07) is 7.32. The Morgan fingerprint density at radius 2 is 1.83 bits per heavy atom. The topological polar surface area (TPSA) is 156 Å². The molecule has 1 aromatic heterocycles. The van der Waals surface area contributed by atoms with Crippen LogP contribution in [0.1, 0.15) is 5.56 Å². The van der Waals surface area contributed by atoms with E-state index in [4.69, 9.17) is 23.4 Å². The zero-order chi connectivity index (χ0) is 26.2. The monoisotopic (exact) mass is 515 g/mol. The van der Waals surface area contributed by atoms with E-state index in [9.17, 15) is 20.0 Å². The van der Waals surface area contributed by atoms with Crippen LogP contribution in [0, 0.1) is 10.1 Å². The lowest BCUT2D eigenvalue weighted by Crippen LogP contribution is -2.02. The number of hydrogen-bond donors (Lipinski definition) is 1. The molecule has 0 radical (unpaired) electrons. The molecular formula is C23H21N3O9S. The fourth-order valence-corrected chi connectivity index (χ4v) is 3.60. The van der Waals surface area contributed by atoms with Crippen molar-refractivity contribution in [2.45, 2.75) is 5.22 Å². The standard InChI is InChI=1S/C23H21N3O9S/c1-5-6-34-20-13(7-15(26(29)30)11-18(20)33-4)10-19(22(27)28)36-23-25-24-21(35-23)14-8-16(31-2)12-17(9-14)32-3/h5,7-12H,1,6H2,2-4H3,(H,27,28)/b19-10+. The highest BCUT2D eigenvalue weighted by molar-refractivity contribution is 8.03. The number of nitrogens with zero attached hydrogens (tertiary/aromatic N) is 3. The van der Waals surface area contributed by atoms with Gasteiger partial charge >= 0.3 is 5.97 Å². The van der Waals surface area contributed by atoms with Gasteiger partial charge < -0.3 is 28.5 Å². The van der Waals surface area contributed by atoms with E-state index in [0.717, 1.165) is 0 Å². The summed E-state index contributed by atoms with van der Waals surface area (Å²) in [5.74, 6) is -0.0744. The predicted octanol–water partition coefficient (Wildman–Crippen LogP) is 4.45. The van der Waals surface area contributed by atoms with Gasteiger partial charge in [0.15, 0.2) is 11.5 Å². The number of carboxylic acid groups (broad SMARTS) is 1. The Kier molecular flexibility index (Phi) is 8.52. The molecule has 0 bridgehead atoms. The number of nitro groups is 1. The molecule has 0 aliphatic heterocycles. The highest BCUT2D eigenvalue weighted by Crippen LogP contribution is 2.39. The summed E-state index contributed by atoms with van der Waals surface area (Å²) in [5, 5.41) is 29.0. The molecule has 0 amide bonds. The molecule has 0 fully saturated rings. The van der Waals surface area contributed by atoms with Crippen molar-refractivity contribution in [3.8, 4) is 34.5 Å². The van der Waals surface area contributed by atoms with E-state index in [1.807, 2.05) is 0 Å². The molecular weight excluding hydrogens is 494 g/mol. The van der Waals surface area contributed by atoms with Gasteiger partial charge in [-0.15, -0.1) is 10.2 Å². The Morgan fingerprint density at radius 3 is 2.39 bits per heavy atom. The van der Waals surface area contributed by atoms with E-state index < -0.39 is 10.9 Å². The Morgan fingerprint density at radius 1 is 1.14 bits per heavy atom. The minimum atomic E-state index is -1.33. The number of nitro benzene ring substituents is 1. The van der Waals surface area contributed by atoms with E-state index >= 15 is 0 Å². The fourth-order valence-electron chi connectivity index (χ4n) is 2.94. The molecule has 188 valence electrons. The number of hydrogen-bond acceptors (Lipinski definition) is 11. The molecule has 1 heterocycles. The van der Waals surface area contributed by atoms with Gasteiger partial charge in [-0.25, -0.2) is 4.79 Å². The fraction of sp³-hybridized carbons (Fsp3) is 0.174. The predicted molar refractivity (Wildman–Crippen MR) is 130 cm³/mol. The van der Waals surface area contributed by atoms with Crippen LogP contribution in [0.4, 0.5) is 5.69 Å². The third kappa shape index (κ3) is 6.13. The van der Waals surface area contributed by atoms with Crippen LogP contribution in [0.15, 0.2) is 57.5 Å². The third-order valence-electron chi connectivity index (χ3n) is 4.54. The molecule has 0 saturated heterocycles. The molecule has 0 aliphatic carbocycles. The van der Waals surface area contributed by atoms with E-state index in [2.05, 4.69) is 16.8 Å². The Balaban J connectivity index is 2.01. The summed E-state index contributed by atoms with van der Waals surface area (Å²) in [7, 11) is 4.30. The van der Waals surface area contributed by atoms with Crippen LogP contribution in [0.25, 0.3) is 17.5 Å². The first-order chi connectivity index (χ1) is 17.3. The molecule has 0 atom stereocenters. The maximum atomic E-state index is 12.0. The van der Waals surface area contributed by atoms with Crippen LogP contribution in [-0.2, 0) is 4.79 Å². The molecule has 2 aromatic carbocycles. The van der Waals surface area contributed by atoms with Gasteiger partial charge in [0.2, 0.25) is 5.89 Å². The third-order valence-corrected chi connectivity index (χ3v) is 5.40. The molecule has 0 spiro atoms. The number of aliphatic carboxylic acids is 1. The zero-order valence-electron chi connectivity index (χ0n) is 19.4. The van der Waals surface area contributed by atoms with Crippen molar-refractivity contribution in [3.63, 3.8) is 0 Å². The number of carboxylic acids is 1. The van der Waals surface area contributed by atoms with Crippen molar-refractivity contribution in [3.05, 3.63) is 63.6 Å². The maximum Gasteiger partial charge on any atom is 0.342 e. The van der Waals surface area contributed by atoms with Gasteiger partial charge in [-0.05, 0) is 30.0 Å². The summed E-state index contributed by atoms with van der Waals surface area (Å²) < 4.78 is 26.9. The van der Waals surface area contributed by atoms with E-state index in [1.165, 1.54) is 45.6 Å². The van der Waals surface area contributed by atoms with Crippen LogP contribution in [0.2, 0.25) is 0 Å². The second kappa shape index (κ2) is 11.8. The Bertz CT molecular complexity index is 1300. The quantitative estimate of drug-likeness (QED) is 0.119. The second-order valence-corrected chi connectivity index (χ2v) is 7.81. The number of non-ortho nitro benzene ring substituents is 1. The van der Waals surface area contributed by atoms with Gasteiger partial charge in [-0.2, -0.15) is 0 Å². The molecule has 0 aliphatic rings. The summed E-state index contributed by atoms with van der Waals surface area (Å²) in [4.78, 5) is 22.5. The molecule has 0 unspecified atom stereocenters. The first-order valence-electron chi connectivity index (χ1n) is 10.1. The van der Waals surface area contributed by atoms with Gasteiger partial charge in [0.25, 0.3) is 10.9 Å². The molecule has 0 saturated carbocycles. The minimum Gasteiger partial charge on any atom is -0.497 e. The minimum absolute atomic E-state index is 0.0547. The van der Waals surface area contributed by atoms with Crippen molar-refractivity contribution in [1.29, 1.82) is 0 Å². The summed E-state index contributed by atoms with van der Waals surface area (Å²) in [6.45, 7) is 3.63. The van der Waals surface area contributed by atoms with Crippen molar-refractivity contribution in [2.24, 2.45) is 0 Å². The lowest BCUT2D eigenvalue weighted by molar-refractivity contribution is -0.385. The van der Waals surface area contributed by atoms with Crippen molar-refractivity contribution in [1.82, 2.24) is 10.2 Å². The maximum absolute atomic E-state index is 12.0. The van der Waals surface area contributed by atoms with E-state index in [-0.39, 0.29) is 45.4 Å². The largest absolute Gasteiger partial charge is 0.497 e. The number of carbonyl (C=O) groups is 1. The number of methoxy groups -OCH3 is 3. The number of ether oxygens (including phenoxy) is 4. The molecule has 3 rings (SSSR count). The average molecular weight is 516 g/mol. The van der Waals surface area contributed by atoms with Gasteiger partial charge in [0.05, 0.1) is 32.3 Å². The first kappa shape index (κ1) is 26.1. The van der Waals surface area contributed by atoms with Gasteiger partial charge in [0, 0.05) is 23.3 Å². The van der Waals surface area contributed by atoms with E-state index in [1.54, 1.807) is 18.2 Å². The molecule has 1 N–H and O–H groups in total. The number of thioether (sulfide) groups is 1. The summed E-state index contributed by atoms with van der Waals surface area (Å²) in [6.07, 6.45) is 2.66. The average Bonchev–Trinajstić information content (AvgIpc) is 3.35. The van der Waals surface area contributed by atoms with Crippen LogP contribution < -0.4 is 18.9 Å². The molecule has 36 heavy (non-hydrogen) atoms. The number of aromatic nitrogens is 2. The van der Waals surface area contributed by atoms with Crippen LogP contribution in [0.3, 0.4) is 0 Å². The zero-order valence-corrected chi connectivity index (χ0v) is 20.2. The normalized spacial score (nSPS) is 11.0. The molecule has 3 aromatic rings. The Labute approximate surface area is 209 Å². The summed E-state index contributed by atoms with van der Waals surface area (Å²) >= 11 is 0.660. The summed E-state index contributed by atoms with van der Waals surface area (Å²) in [5.41, 5.74) is 0.283. The van der Waals surface area contributed by atoms with Crippen LogP contribution in [-0.4, -0.2) is 54.1 Å². The highest BCUT2D eigenvalue weighted by Gasteiger charge is 2.22. The smallest absolute Gasteiger partial charge is 0.342 e. The lowest BCUT2D eigenvalue weighted by Gasteiger charge is -2.13. The van der Waals surface area contributed by atoms with Crippen LogP contribution >= 0.6 is 11.8 Å². The van der Waals surface area contributed by atoms with Crippen molar-refractivity contribution >= 4 is 29.5 Å². The van der Waals surface area contributed by atoms with Gasteiger partial charge in [0.1, 0.15) is 23.0 Å². The molecule has 12 nitrogen and oxygen atoms in total. The van der Waals surface area contributed by atoms with Gasteiger partial charge in [-0.1, -0.05) is 12.7 Å². The number of rotatable bonds is 12. The molecule has 13 heteroatoms.